The molecule has 2 heterocycles. The summed E-state index contributed by atoms with van der Waals surface area (Å²) < 4.78 is 14.5. The number of nitrogens with one attached hydrogen (secondary N) is 1. The third kappa shape index (κ3) is 3.50. The number of phenolic OH excluding ortho intramolecular Hbond substituents is 1. The number of aryl methyl sites for hydroxylation is 2. The van der Waals surface area contributed by atoms with Gasteiger partial charge in [0.2, 0.25) is 0 Å². The molecule has 0 aliphatic carbocycles. The summed E-state index contributed by atoms with van der Waals surface area (Å²) in [7, 11) is 0. The number of carbonyl (C=O) groups excluding carboxylic acids is 1. The number of nitrogens with zero attached hydrogens (tertiary/aromatic N) is 2. The molecule has 132 valence electrons. The molecule has 26 heavy (non-hydrogen) atoms. The van der Waals surface area contributed by atoms with Gasteiger partial charge in [-0.3, -0.25) is 9.78 Å². The van der Waals surface area contributed by atoms with Crippen molar-refractivity contribution in [2.24, 2.45) is 0 Å². The van der Waals surface area contributed by atoms with Crippen LogP contribution in [0.25, 0.3) is 11.3 Å². The Kier molecular flexibility index (Phi) is 4.86. The van der Waals surface area contributed by atoms with E-state index in [0.717, 1.165) is 11.6 Å². The lowest BCUT2D eigenvalue weighted by molar-refractivity contribution is 0.102. The molecule has 0 aliphatic rings. The van der Waals surface area contributed by atoms with Crippen molar-refractivity contribution < 1.29 is 14.3 Å². The molecular weight excluding hydrogens is 357 g/mol. The number of carbonyl (C=O) groups is 1. The molecule has 7 heteroatoms. The van der Waals surface area contributed by atoms with Gasteiger partial charge in [0, 0.05) is 18.0 Å². The molecule has 2 N–H and O–H groups in total. The monoisotopic (exact) mass is 371 g/mol. The first-order valence-electron chi connectivity index (χ1n) is 7.75. The van der Waals surface area contributed by atoms with Crippen LogP contribution in [-0.2, 0) is 0 Å². The Hall–Kier alpha value is -2.99. The van der Waals surface area contributed by atoms with Gasteiger partial charge < -0.3 is 10.4 Å². The summed E-state index contributed by atoms with van der Waals surface area (Å²) in [5.41, 5.74) is 2.19. The van der Waals surface area contributed by atoms with Crippen LogP contribution in [0.1, 0.15) is 21.5 Å². The van der Waals surface area contributed by atoms with Crippen LogP contribution in [0.5, 0.6) is 5.75 Å². The van der Waals surface area contributed by atoms with Crippen molar-refractivity contribution in [3.05, 3.63) is 70.4 Å². The summed E-state index contributed by atoms with van der Waals surface area (Å²) in [6, 6.07) is 7.26. The average molecular weight is 372 g/mol. The minimum Gasteiger partial charge on any atom is -0.507 e. The van der Waals surface area contributed by atoms with E-state index in [9.17, 15) is 14.3 Å². The van der Waals surface area contributed by atoms with E-state index in [1.54, 1.807) is 31.3 Å². The zero-order valence-corrected chi connectivity index (χ0v) is 14.8. The Balaban J connectivity index is 1.95. The van der Waals surface area contributed by atoms with Crippen LogP contribution in [0.3, 0.4) is 0 Å². The maximum absolute atomic E-state index is 14.5. The van der Waals surface area contributed by atoms with Gasteiger partial charge in [-0.15, -0.1) is 0 Å². The highest BCUT2D eigenvalue weighted by atomic mass is 35.5. The predicted molar refractivity (Wildman–Crippen MR) is 98.0 cm³/mol. The van der Waals surface area contributed by atoms with E-state index in [1.807, 2.05) is 6.92 Å². The first kappa shape index (κ1) is 17.8. The van der Waals surface area contributed by atoms with E-state index in [2.05, 4.69) is 15.3 Å². The number of aromatic hydroxyl groups is 1. The van der Waals surface area contributed by atoms with E-state index in [-0.39, 0.29) is 22.0 Å². The molecule has 2 aromatic heterocycles. The number of rotatable bonds is 3. The number of hydrogen-bond acceptors (Lipinski definition) is 4. The van der Waals surface area contributed by atoms with Crippen LogP contribution in [0, 0.1) is 19.7 Å². The quantitative estimate of drug-likeness (QED) is 0.664. The fourth-order valence-corrected chi connectivity index (χ4v) is 2.68. The van der Waals surface area contributed by atoms with E-state index < -0.39 is 11.7 Å². The molecule has 0 aliphatic heterocycles. The Morgan fingerprint density at radius 2 is 1.96 bits per heavy atom. The van der Waals surface area contributed by atoms with Gasteiger partial charge in [-0.05, 0) is 49.2 Å². The lowest BCUT2D eigenvalue weighted by atomic mass is 10.0. The smallest absolute Gasteiger partial charge is 0.259 e. The second-order valence-electron chi connectivity index (χ2n) is 5.82. The van der Waals surface area contributed by atoms with Crippen molar-refractivity contribution >= 4 is 23.2 Å². The minimum atomic E-state index is -0.692. The fourth-order valence-electron chi connectivity index (χ4n) is 2.42. The van der Waals surface area contributed by atoms with E-state index in [0.29, 0.717) is 16.9 Å². The van der Waals surface area contributed by atoms with Crippen molar-refractivity contribution in [3.63, 3.8) is 0 Å². The highest BCUT2D eigenvalue weighted by molar-refractivity contribution is 6.33. The molecular formula is C19H15ClFN3O2. The second-order valence-corrected chi connectivity index (χ2v) is 6.18. The third-order valence-electron chi connectivity index (χ3n) is 3.87. The van der Waals surface area contributed by atoms with Gasteiger partial charge in [0.25, 0.3) is 5.91 Å². The highest BCUT2D eigenvalue weighted by Gasteiger charge is 2.19. The predicted octanol–water partition coefficient (Wildman–Crippen LogP) is 4.51. The average Bonchev–Trinajstić information content (AvgIpc) is 2.60. The molecule has 0 atom stereocenters. The molecule has 0 spiro atoms. The topological polar surface area (TPSA) is 75.1 Å². The number of hydrogen-bond donors (Lipinski definition) is 2. The van der Waals surface area contributed by atoms with Gasteiger partial charge in [0.15, 0.2) is 5.15 Å². The van der Waals surface area contributed by atoms with Crippen molar-refractivity contribution in [1.82, 2.24) is 9.97 Å². The number of halogens is 2. The zero-order chi connectivity index (χ0) is 18.8. The number of benzene rings is 1. The maximum atomic E-state index is 14.5. The number of aromatic nitrogens is 2. The first-order valence-corrected chi connectivity index (χ1v) is 8.12. The highest BCUT2D eigenvalue weighted by Crippen LogP contribution is 2.30. The van der Waals surface area contributed by atoms with Crippen LogP contribution in [0.2, 0.25) is 5.15 Å². The third-order valence-corrected chi connectivity index (χ3v) is 4.16. The molecule has 5 nitrogen and oxygen atoms in total. The van der Waals surface area contributed by atoms with Gasteiger partial charge in [0.05, 0.1) is 16.9 Å². The molecule has 0 unspecified atom stereocenters. The van der Waals surface area contributed by atoms with Gasteiger partial charge in [-0.25, -0.2) is 9.37 Å². The lowest BCUT2D eigenvalue weighted by Gasteiger charge is -2.12. The van der Waals surface area contributed by atoms with E-state index in [4.69, 9.17) is 11.6 Å². The van der Waals surface area contributed by atoms with Gasteiger partial charge in [0.1, 0.15) is 11.6 Å². The van der Waals surface area contributed by atoms with Crippen LogP contribution in [0.15, 0.2) is 42.7 Å². The van der Waals surface area contributed by atoms with Crippen LogP contribution < -0.4 is 5.32 Å². The summed E-state index contributed by atoms with van der Waals surface area (Å²) in [4.78, 5) is 20.5. The van der Waals surface area contributed by atoms with Crippen molar-refractivity contribution in [2.45, 2.75) is 13.8 Å². The van der Waals surface area contributed by atoms with Gasteiger partial charge >= 0.3 is 0 Å². The van der Waals surface area contributed by atoms with Crippen LogP contribution in [-0.4, -0.2) is 21.0 Å². The number of amides is 1. The Labute approximate surface area is 154 Å². The largest absolute Gasteiger partial charge is 0.507 e. The van der Waals surface area contributed by atoms with Crippen LogP contribution in [0.4, 0.5) is 10.1 Å². The van der Waals surface area contributed by atoms with Crippen molar-refractivity contribution in [1.29, 1.82) is 0 Å². The van der Waals surface area contributed by atoms with Crippen molar-refractivity contribution in [3.8, 4) is 17.0 Å². The van der Waals surface area contributed by atoms with Gasteiger partial charge in [-0.1, -0.05) is 17.7 Å². The van der Waals surface area contributed by atoms with Crippen molar-refractivity contribution in [2.75, 3.05) is 5.32 Å². The summed E-state index contributed by atoms with van der Waals surface area (Å²) in [6.45, 7) is 3.61. The normalized spacial score (nSPS) is 10.6. The van der Waals surface area contributed by atoms with Gasteiger partial charge in [-0.2, -0.15) is 0 Å². The molecule has 0 saturated carbocycles. The summed E-state index contributed by atoms with van der Waals surface area (Å²) in [5.74, 6) is -1.72. The zero-order valence-electron chi connectivity index (χ0n) is 14.0. The summed E-state index contributed by atoms with van der Waals surface area (Å²) in [6.07, 6.45) is 3.10. The maximum Gasteiger partial charge on any atom is 0.259 e. The summed E-state index contributed by atoms with van der Waals surface area (Å²) >= 11 is 5.98. The van der Waals surface area contributed by atoms with Crippen LogP contribution >= 0.6 is 11.6 Å². The molecule has 0 bridgehead atoms. The standard InChI is InChI=1S/C19H15ClFN3O2/c1-10-3-4-15(23-9-10)12-8-16(25)13(7-14(12)21)19(26)24-17-11(2)5-6-22-18(17)20/h3-9,25H,1-2H3,(H,24,26). The number of phenols is 1. The number of anilines is 1. The van der Waals surface area contributed by atoms with E-state index in [1.165, 1.54) is 12.3 Å². The molecule has 3 aromatic rings. The summed E-state index contributed by atoms with van der Waals surface area (Å²) in [5, 5.41) is 12.9. The minimum absolute atomic E-state index is 0.106. The molecule has 0 saturated heterocycles. The Morgan fingerprint density at radius 1 is 1.19 bits per heavy atom. The van der Waals surface area contributed by atoms with E-state index >= 15 is 0 Å². The second kappa shape index (κ2) is 7.09. The number of pyridine rings is 2. The fraction of sp³-hybridized carbons (Fsp3) is 0.105. The molecule has 3 rings (SSSR count). The lowest BCUT2D eigenvalue weighted by Crippen LogP contribution is -2.14. The molecule has 0 fully saturated rings. The first-order chi connectivity index (χ1) is 12.4. The SMILES string of the molecule is Cc1ccc(-c2cc(O)c(C(=O)Nc3c(C)ccnc3Cl)cc2F)nc1. The Morgan fingerprint density at radius 3 is 2.62 bits per heavy atom. The Bertz CT molecular complexity index is 971. The molecule has 0 radical (unpaired) electrons. The molecule has 1 aromatic carbocycles. The molecule has 1 amide bonds.